The summed E-state index contributed by atoms with van der Waals surface area (Å²) in [5.41, 5.74) is -0.474. The number of aromatic nitrogens is 1. The maximum absolute atomic E-state index is 12.6. The van der Waals surface area contributed by atoms with Gasteiger partial charge in [0.25, 0.3) is 0 Å². The highest BCUT2D eigenvalue weighted by molar-refractivity contribution is 6.30. The van der Waals surface area contributed by atoms with Crippen LogP contribution in [0.25, 0.3) is 0 Å². The molecule has 0 saturated carbocycles. The molecule has 0 amide bonds. The van der Waals surface area contributed by atoms with Crippen LogP contribution < -0.4 is 19.6 Å². The van der Waals surface area contributed by atoms with Crippen molar-refractivity contribution < 1.29 is 19.0 Å². The highest BCUT2D eigenvalue weighted by atomic mass is 35.5. The van der Waals surface area contributed by atoms with Crippen LogP contribution in [0.15, 0.2) is 29.1 Å². The van der Waals surface area contributed by atoms with Gasteiger partial charge in [-0.05, 0) is 24.3 Å². The van der Waals surface area contributed by atoms with Crippen molar-refractivity contribution in [2.75, 3.05) is 21.3 Å². The molecule has 0 radical (unpaired) electrons. The van der Waals surface area contributed by atoms with Crippen LogP contribution >= 0.6 is 11.6 Å². The van der Waals surface area contributed by atoms with E-state index >= 15 is 0 Å². The number of H-pyrrole nitrogens is 1. The van der Waals surface area contributed by atoms with E-state index in [1.165, 1.54) is 33.5 Å². The van der Waals surface area contributed by atoms with E-state index in [0.717, 1.165) is 0 Å². The maximum Gasteiger partial charge on any atom is 0.242 e. The number of carbonyl (C=O) groups excluding carboxylic acids is 1. The van der Waals surface area contributed by atoms with E-state index in [2.05, 4.69) is 4.98 Å². The minimum Gasteiger partial charge on any atom is -0.488 e. The van der Waals surface area contributed by atoms with Gasteiger partial charge in [0, 0.05) is 10.6 Å². The lowest BCUT2D eigenvalue weighted by Gasteiger charge is -2.12. The molecule has 0 saturated heterocycles. The Labute approximate surface area is 131 Å². The first kappa shape index (κ1) is 15.9. The van der Waals surface area contributed by atoms with Crippen LogP contribution in [0.4, 0.5) is 0 Å². The van der Waals surface area contributed by atoms with Crippen molar-refractivity contribution in [1.29, 1.82) is 0 Å². The number of methoxy groups -OCH3 is 3. The van der Waals surface area contributed by atoms with Gasteiger partial charge in [0.05, 0.1) is 21.3 Å². The fourth-order valence-corrected chi connectivity index (χ4v) is 2.10. The molecule has 0 atom stereocenters. The number of benzene rings is 1. The highest BCUT2D eigenvalue weighted by Gasteiger charge is 2.25. The van der Waals surface area contributed by atoms with Crippen LogP contribution in [0.5, 0.6) is 17.5 Å². The summed E-state index contributed by atoms with van der Waals surface area (Å²) in [7, 11) is 4.03. The average Bonchev–Trinajstić information content (AvgIpc) is 2.53. The fraction of sp³-hybridized carbons (Fsp3) is 0.200. The molecule has 0 spiro atoms. The van der Waals surface area contributed by atoms with Crippen LogP contribution in [-0.4, -0.2) is 32.1 Å². The molecule has 2 aromatic rings. The van der Waals surface area contributed by atoms with Crippen molar-refractivity contribution in [3.05, 3.63) is 50.6 Å². The number of pyridine rings is 1. The van der Waals surface area contributed by atoms with Crippen LogP contribution in [-0.2, 0) is 0 Å². The predicted molar refractivity (Wildman–Crippen MR) is 81.6 cm³/mol. The number of hydrogen-bond acceptors (Lipinski definition) is 5. The number of rotatable bonds is 5. The van der Waals surface area contributed by atoms with E-state index in [4.69, 9.17) is 25.8 Å². The molecule has 2 rings (SSSR count). The van der Waals surface area contributed by atoms with Crippen molar-refractivity contribution in [1.82, 2.24) is 4.98 Å². The van der Waals surface area contributed by atoms with Crippen LogP contribution in [0.2, 0.25) is 5.02 Å². The Balaban J connectivity index is 2.65. The lowest BCUT2D eigenvalue weighted by Crippen LogP contribution is -2.21. The summed E-state index contributed by atoms with van der Waals surface area (Å²) in [6.07, 6.45) is 0. The molecule has 1 heterocycles. The zero-order valence-electron chi connectivity index (χ0n) is 12.2. The van der Waals surface area contributed by atoms with E-state index in [0.29, 0.717) is 10.6 Å². The summed E-state index contributed by atoms with van der Waals surface area (Å²) < 4.78 is 15.1. The number of aromatic amines is 1. The monoisotopic (exact) mass is 323 g/mol. The molecular weight excluding hydrogens is 310 g/mol. The molecular formula is C15H14ClNO5. The number of halogens is 1. The van der Waals surface area contributed by atoms with E-state index in [9.17, 15) is 9.59 Å². The van der Waals surface area contributed by atoms with E-state index in [-0.39, 0.29) is 23.1 Å². The van der Waals surface area contributed by atoms with Crippen LogP contribution in [0.3, 0.4) is 0 Å². The van der Waals surface area contributed by atoms with Gasteiger partial charge >= 0.3 is 0 Å². The Morgan fingerprint density at radius 2 is 1.59 bits per heavy atom. The zero-order valence-corrected chi connectivity index (χ0v) is 13.0. The van der Waals surface area contributed by atoms with Gasteiger partial charge in [0.2, 0.25) is 28.7 Å². The molecule has 1 N–H and O–H groups in total. The molecule has 1 aromatic carbocycles. The third kappa shape index (κ3) is 2.78. The molecule has 116 valence electrons. The summed E-state index contributed by atoms with van der Waals surface area (Å²) in [6.45, 7) is 0. The molecule has 1 aromatic heterocycles. The largest absolute Gasteiger partial charge is 0.488 e. The first-order valence-electron chi connectivity index (χ1n) is 6.26. The lowest BCUT2D eigenvalue weighted by molar-refractivity contribution is 0.103. The van der Waals surface area contributed by atoms with Crippen molar-refractivity contribution in [2.45, 2.75) is 0 Å². The highest BCUT2D eigenvalue weighted by Crippen LogP contribution is 2.27. The first-order chi connectivity index (χ1) is 10.5. The maximum atomic E-state index is 12.6. The Morgan fingerprint density at radius 3 is 2.09 bits per heavy atom. The molecule has 0 fully saturated rings. The summed E-state index contributed by atoms with van der Waals surface area (Å²) in [4.78, 5) is 27.8. The van der Waals surface area contributed by atoms with Crippen molar-refractivity contribution in [2.24, 2.45) is 0 Å². The SMILES string of the molecule is COc1[nH]c(OC)c(C(=O)c2ccc(Cl)cc2)c(=O)c1OC. The van der Waals surface area contributed by atoms with E-state index in [1.807, 2.05) is 0 Å². The third-order valence-electron chi connectivity index (χ3n) is 3.04. The minimum absolute atomic E-state index is 0.00241. The Kier molecular flexibility index (Phi) is 4.72. The summed E-state index contributed by atoms with van der Waals surface area (Å²) in [6, 6.07) is 6.19. The summed E-state index contributed by atoms with van der Waals surface area (Å²) >= 11 is 5.80. The second-order valence-electron chi connectivity index (χ2n) is 4.26. The molecule has 6 nitrogen and oxygen atoms in total. The Morgan fingerprint density at radius 1 is 1.00 bits per heavy atom. The van der Waals surface area contributed by atoms with Gasteiger partial charge in [-0.2, -0.15) is 0 Å². The fourth-order valence-electron chi connectivity index (χ4n) is 1.98. The van der Waals surface area contributed by atoms with Gasteiger partial charge in [0.15, 0.2) is 0 Å². The number of ether oxygens (including phenoxy) is 3. The second kappa shape index (κ2) is 6.53. The van der Waals surface area contributed by atoms with Gasteiger partial charge in [-0.1, -0.05) is 11.6 Å². The first-order valence-corrected chi connectivity index (χ1v) is 6.63. The van der Waals surface area contributed by atoms with Gasteiger partial charge in [-0.3, -0.25) is 14.6 Å². The van der Waals surface area contributed by atoms with Gasteiger partial charge in [0.1, 0.15) is 5.56 Å². The number of carbonyl (C=O) groups is 1. The standard InChI is InChI=1S/C15H14ClNO5/c1-20-13-12(19)10(14(21-2)17-15(13)22-3)11(18)8-4-6-9(16)7-5-8/h4-7H,1-3H3,(H,17,19). The van der Waals surface area contributed by atoms with Gasteiger partial charge in [-0.15, -0.1) is 0 Å². The molecule has 0 aliphatic heterocycles. The van der Waals surface area contributed by atoms with Crippen molar-refractivity contribution in [3.8, 4) is 17.5 Å². The summed E-state index contributed by atoms with van der Waals surface area (Å²) in [5.74, 6) is -0.518. The van der Waals surface area contributed by atoms with Crippen LogP contribution in [0.1, 0.15) is 15.9 Å². The molecule has 0 aliphatic carbocycles. The minimum atomic E-state index is -0.616. The van der Waals surface area contributed by atoms with Crippen molar-refractivity contribution >= 4 is 17.4 Å². The normalized spacial score (nSPS) is 10.2. The van der Waals surface area contributed by atoms with Gasteiger partial charge < -0.3 is 14.2 Å². The molecule has 7 heteroatoms. The van der Waals surface area contributed by atoms with Crippen LogP contribution in [0, 0.1) is 0 Å². The molecule has 22 heavy (non-hydrogen) atoms. The smallest absolute Gasteiger partial charge is 0.242 e. The number of ketones is 1. The zero-order chi connectivity index (χ0) is 16.3. The quantitative estimate of drug-likeness (QED) is 0.854. The van der Waals surface area contributed by atoms with E-state index in [1.54, 1.807) is 12.1 Å². The van der Waals surface area contributed by atoms with Gasteiger partial charge in [-0.25, -0.2) is 0 Å². The average molecular weight is 324 g/mol. The summed E-state index contributed by atoms with van der Waals surface area (Å²) in [5, 5.41) is 0.490. The third-order valence-corrected chi connectivity index (χ3v) is 3.29. The Bertz CT molecular complexity index is 752. The second-order valence-corrected chi connectivity index (χ2v) is 4.70. The predicted octanol–water partition coefficient (Wildman–Crippen LogP) is 2.29. The molecule has 0 aliphatic rings. The Hall–Kier alpha value is -2.47. The molecule has 0 unspecified atom stereocenters. The topological polar surface area (TPSA) is 77.6 Å². The molecule has 0 bridgehead atoms. The van der Waals surface area contributed by atoms with E-state index < -0.39 is 11.2 Å². The number of nitrogens with one attached hydrogen (secondary N) is 1. The van der Waals surface area contributed by atoms with Crippen molar-refractivity contribution in [3.63, 3.8) is 0 Å². The lowest BCUT2D eigenvalue weighted by atomic mass is 10.0. The number of hydrogen-bond donors (Lipinski definition) is 1.